The van der Waals surface area contributed by atoms with E-state index >= 15 is 0 Å². The summed E-state index contributed by atoms with van der Waals surface area (Å²) in [6.45, 7) is 2.89. The molecule has 1 amide bonds. The van der Waals surface area contributed by atoms with E-state index in [1.807, 2.05) is 36.2 Å². The molecule has 0 aromatic heterocycles. The van der Waals surface area contributed by atoms with E-state index in [1.165, 1.54) is 0 Å². The molecule has 0 spiro atoms. The van der Waals surface area contributed by atoms with E-state index in [1.54, 1.807) is 0 Å². The van der Waals surface area contributed by atoms with E-state index in [0.29, 0.717) is 18.9 Å². The molecular weight excluding hydrogens is 252 g/mol. The van der Waals surface area contributed by atoms with E-state index in [9.17, 15) is 4.79 Å². The number of carbonyl (C=O) groups is 1. The minimum Gasteiger partial charge on any atom is -0.381 e. The predicted molar refractivity (Wildman–Crippen MR) is 79.2 cm³/mol. The van der Waals surface area contributed by atoms with Gasteiger partial charge in [-0.05, 0) is 29.9 Å². The quantitative estimate of drug-likeness (QED) is 0.888. The van der Waals surface area contributed by atoms with Crippen molar-refractivity contribution in [2.24, 2.45) is 11.7 Å². The van der Waals surface area contributed by atoms with Crippen molar-refractivity contribution >= 4 is 5.91 Å². The summed E-state index contributed by atoms with van der Waals surface area (Å²) < 4.78 is 5.46. The van der Waals surface area contributed by atoms with Crippen molar-refractivity contribution in [1.82, 2.24) is 4.90 Å². The van der Waals surface area contributed by atoms with Crippen LogP contribution >= 0.6 is 0 Å². The summed E-state index contributed by atoms with van der Waals surface area (Å²) in [5.74, 6) is 0.624. The fraction of sp³-hybridized carbons (Fsp3) is 0.562. The van der Waals surface area contributed by atoms with E-state index < -0.39 is 0 Å². The Labute approximate surface area is 120 Å². The maximum absolute atomic E-state index is 12.3. The minimum absolute atomic E-state index is 0.150. The second kappa shape index (κ2) is 7.41. The normalized spacial score (nSPS) is 18.8. The van der Waals surface area contributed by atoms with Gasteiger partial charge in [0.2, 0.25) is 5.91 Å². The third kappa shape index (κ3) is 4.05. The Morgan fingerprint density at radius 1 is 1.40 bits per heavy atom. The Balaban J connectivity index is 1.90. The first-order valence-electron chi connectivity index (χ1n) is 7.29. The Morgan fingerprint density at radius 3 is 2.80 bits per heavy atom. The average molecular weight is 276 g/mol. The second-order valence-electron chi connectivity index (χ2n) is 5.51. The SMILES string of the molecule is CN(CC1CCCOC1)C(=O)Cc1ccccc1CN. The van der Waals surface area contributed by atoms with E-state index in [2.05, 4.69) is 0 Å². The molecule has 4 nitrogen and oxygen atoms in total. The molecule has 2 rings (SSSR count). The lowest BCUT2D eigenvalue weighted by Gasteiger charge is -2.27. The molecule has 1 aliphatic rings. The van der Waals surface area contributed by atoms with Gasteiger partial charge < -0.3 is 15.4 Å². The molecule has 110 valence electrons. The van der Waals surface area contributed by atoms with Crippen molar-refractivity contribution in [1.29, 1.82) is 0 Å². The number of nitrogens with zero attached hydrogens (tertiary/aromatic N) is 1. The largest absolute Gasteiger partial charge is 0.381 e. The van der Waals surface area contributed by atoms with Gasteiger partial charge in [0, 0.05) is 26.7 Å². The predicted octanol–water partition coefficient (Wildman–Crippen LogP) is 1.57. The zero-order valence-corrected chi connectivity index (χ0v) is 12.2. The summed E-state index contributed by atoms with van der Waals surface area (Å²) in [7, 11) is 1.88. The zero-order chi connectivity index (χ0) is 14.4. The minimum atomic E-state index is 0.150. The van der Waals surface area contributed by atoms with Gasteiger partial charge in [0.15, 0.2) is 0 Å². The van der Waals surface area contributed by atoms with Crippen LogP contribution in [-0.2, 0) is 22.5 Å². The van der Waals surface area contributed by atoms with Gasteiger partial charge in [-0.15, -0.1) is 0 Å². The second-order valence-corrected chi connectivity index (χ2v) is 5.51. The molecule has 0 saturated carbocycles. The number of hydrogen-bond donors (Lipinski definition) is 1. The van der Waals surface area contributed by atoms with Crippen LogP contribution in [0.1, 0.15) is 24.0 Å². The molecular formula is C16H24N2O2. The summed E-state index contributed by atoms with van der Waals surface area (Å²) in [6, 6.07) is 7.88. The van der Waals surface area contributed by atoms with Crippen LogP contribution < -0.4 is 5.73 Å². The number of likely N-dealkylation sites (N-methyl/N-ethyl adjacent to an activating group) is 1. The van der Waals surface area contributed by atoms with Gasteiger partial charge in [0.25, 0.3) is 0 Å². The fourth-order valence-electron chi connectivity index (χ4n) is 2.67. The average Bonchev–Trinajstić information content (AvgIpc) is 2.48. The Bertz CT molecular complexity index is 442. The number of rotatable bonds is 5. The number of amides is 1. The highest BCUT2D eigenvalue weighted by molar-refractivity contribution is 5.78. The molecule has 1 heterocycles. The van der Waals surface area contributed by atoms with Crippen molar-refractivity contribution in [2.75, 3.05) is 26.8 Å². The molecule has 1 fully saturated rings. The van der Waals surface area contributed by atoms with E-state index in [-0.39, 0.29) is 5.91 Å². The number of nitrogens with two attached hydrogens (primary N) is 1. The lowest BCUT2D eigenvalue weighted by molar-refractivity contribution is -0.130. The first-order chi connectivity index (χ1) is 9.70. The standard InChI is InChI=1S/C16H24N2O2/c1-18(11-13-5-4-8-20-12-13)16(19)9-14-6-2-3-7-15(14)10-17/h2-3,6-7,13H,4-5,8-12,17H2,1H3. The van der Waals surface area contributed by atoms with Crippen LogP contribution in [0.4, 0.5) is 0 Å². The summed E-state index contributed by atoms with van der Waals surface area (Å²) in [4.78, 5) is 14.1. The third-order valence-electron chi connectivity index (χ3n) is 3.89. The van der Waals surface area contributed by atoms with Crippen molar-refractivity contribution in [3.05, 3.63) is 35.4 Å². The highest BCUT2D eigenvalue weighted by Crippen LogP contribution is 2.15. The van der Waals surface area contributed by atoms with Gasteiger partial charge >= 0.3 is 0 Å². The molecule has 20 heavy (non-hydrogen) atoms. The van der Waals surface area contributed by atoms with Gasteiger partial charge in [-0.3, -0.25) is 4.79 Å². The molecule has 1 unspecified atom stereocenters. The summed E-state index contributed by atoms with van der Waals surface area (Å²) >= 11 is 0. The Kier molecular flexibility index (Phi) is 5.56. The molecule has 0 aliphatic carbocycles. The van der Waals surface area contributed by atoms with Crippen LogP contribution in [0.5, 0.6) is 0 Å². The van der Waals surface area contributed by atoms with Gasteiger partial charge in [0.05, 0.1) is 13.0 Å². The smallest absolute Gasteiger partial charge is 0.226 e. The van der Waals surface area contributed by atoms with Gasteiger partial charge in [-0.2, -0.15) is 0 Å². The van der Waals surface area contributed by atoms with Crippen LogP contribution in [0.3, 0.4) is 0 Å². The van der Waals surface area contributed by atoms with E-state index in [4.69, 9.17) is 10.5 Å². The van der Waals surface area contributed by atoms with Gasteiger partial charge in [-0.1, -0.05) is 24.3 Å². The van der Waals surface area contributed by atoms with Crippen LogP contribution in [0.15, 0.2) is 24.3 Å². The molecule has 1 atom stereocenters. The van der Waals surface area contributed by atoms with Crippen molar-refractivity contribution in [3.63, 3.8) is 0 Å². The van der Waals surface area contributed by atoms with Crippen LogP contribution in [0.2, 0.25) is 0 Å². The van der Waals surface area contributed by atoms with Gasteiger partial charge in [-0.25, -0.2) is 0 Å². The fourth-order valence-corrected chi connectivity index (χ4v) is 2.67. The maximum Gasteiger partial charge on any atom is 0.226 e. The van der Waals surface area contributed by atoms with Crippen LogP contribution in [0, 0.1) is 5.92 Å². The Morgan fingerprint density at radius 2 is 2.15 bits per heavy atom. The maximum atomic E-state index is 12.3. The first kappa shape index (κ1) is 15.0. The number of carbonyl (C=O) groups excluding carboxylic acids is 1. The van der Waals surface area contributed by atoms with Crippen molar-refractivity contribution in [2.45, 2.75) is 25.8 Å². The highest BCUT2D eigenvalue weighted by atomic mass is 16.5. The molecule has 1 aliphatic heterocycles. The van der Waals surface area contributed by atoms with Gasteiger partial charge in [0.1, 0.15) is 0 Å². The molecule has 2 N–H and O–H groups in total. The molecule has 0 bridgehead atoms. The topological polar surface area (TPSA) is 55.6 Å². The molecule has 4 heteroatoms. The van der Waals surface area contributed by atoms with Crippen LogP contribution in [-0.4, -0.2) is 37.6 Å². The number of benzene rings is 1. The number of ether oxygens (including phenoxy) is 1. The number of hydrogen-bond acceptors (Lipinski definition) is 3. The molecule has 1 saturated heterocycles. The van der Waals surface area contributed by atoms with Crippen molar-refractivity contribution in [3.8, 4) is 0 Å². The lowest BCUT2D eigenvalue weighted by Crippen LogP contribution is -2.36. The molecule has 1 aromatic carbocycles. The summed E-state index contributed by atoms with van der Waals surface area (Å²) in [6.07, 6.45) is 2.68. The van der Waals surface area contributed by atoms with Crippen LogP contribution in [0.25, 0.3) is 0 Å². The first-order valence-corrected chi connectivity index (χ1v) is 7.29. The monoisotopic (exact) mass is 276 g/mol. The molecule has 0 radical (unpaired) electrons. The Hall–Kier alpha value is -1.39. The highest BCUT2D eigenvalue weighted by Gasteiger charge is 2.19. The summed E-state index contributed by atoms with van der Waals surface area (Å²) in [5.41, 5.74) is 7.80. The summed E-state index contributed by atoms with van der Waals surface area (Å²) in [5, 5.41) is 0. The third-order valence-corrected chi connectivity index (χ3v) is 3.89. The zero-order valence-electron chi connectivity index (χ0n) is 12.2. The molecule has 1 aromatic rings. The lowest BCUT2D eigenvalue weighted by atomic mass is 10.0. The van der Waals surface area contributed by atoms with E-state index in [0.717, 1.165) is 43.7 Å². The van der Waals surface area contributed by atoms with Crippen molar-refractivity contribution < 1.29 is 9.53 Å².